The lowest BCUT2D eigenvalue weighted by Crippen LogP contribution is -2.29. The van der Waals surface area contributed by atoms with E-state index in [0.29, 0.717) is 28.6 Å². The number of hydrogen-bond acceptors (Lipinski definition) is 6. The van der Waals surface area contributed by atoms with Crippen LogP contribution in [0.3, 0.4) is 0 Å². The molecule has 27 heavy (non-hydrogen) atoms. The van der Waals surface area contributed by atoms with Gasteiger partial charge < -0.3 is 11.1 Å². The highest BCUT2D eigenvalue weighted by Crippen LogP contribution is 2.37. The minimum atomic E-state index is -2.77. The second-order valence-electron chi connectivity index (χ2n) is 6.10. The summed E-state index contributed by atoms with van der Waals surface area (Å²) in [4.78, 5) is 23.8. The molecule has 1 amide bonds. The van der Waals surface area contributed by atoms with Gasteiger partial charge in [0.25, 0.3) is 12.3 Å². The topological polar surface area (TPSA) is 93.3 Å². The second kappa shape index (κ2) is 7.55. The Hall–Kier alpha value is -2.62. The fraction of sp³-hybridized carbons (Fsp3) is 0.294. The largest absolute Gasteiger partial charge is 0.379 e. The number of aromatic nitrogens is 2. The van der Waals surface area contributed by atoms with Gasteiger partial charge in [-0.15, -0.1) is 0 Å². The molecule has 2 heterocycles. The van der Waals surface area contributed by atoms with Crippen LogP contribution in [0.25, 0.3) is 0 Å². The van der Waals surface area contributed by atoms with Crippen molar-refractivity contribution in [3.8, 4) is 0 Å². The van der Waals surface area contributed by atoms with Gasteiger partial charge in [-0.1, -0.05) is 11.8 Å². The summed E-state index contributed by atoms with van der Waals surface area (Å²) in [5.41, 5.74) is 4.92. The lowest BCUT2D eigenvalue weighted by atomic mass is 9.89. The smallest absolute Gasteiger partial charge is 0.281 e. The number of nitrogens with zero attached hydrogens (tertiary/aromatic N) is 3. The van der Waals surface area contributed by atoms with Crippen molar-refractivity contribution >= 4 is 28.5 Å². The SMILES string of the molecule is C[C@@]1(c2cc(NC(=O)c3cnc(C(F)F)cn3)ccc2F)CCSC(N)=N1. The molecule has 0 aliphatic carbocycles. The summed E-state index contributed by atoms with van der Waals surface area (Å²) in [6.07, 6.45) is -0.371. The number of anilines is 1. The average molecular weight is 395 g/mol. The van der Waals surface area contributed by atoms with Gasteiger partial charge in [0.15, 0.2) is 5.17 Å². The first kappa shape index (κ1) is 19.2. The number of aliphatic imine (C=N–C) groups is 1. The van der Waals surface area contributed by atoms with Crippen LogP contribution in [0.2, 0.25) is 0 Å². The molecule has 0 spiro atoms. The maximum atomic E-state index is 14.4. The van der Waals surface area contributed by atoms with E-state index in [0.717, 1.165) is 12.4 Å². The highest BCUT2D eigenvalue weighted by Gasteiger charge is 2.32. The number of alkyl halides is 2. The molecule has 1 aromatic carbocycles. The Morgan fingerprint density at radius 3 is 2.74 bits per heavy atom. The Bertz CT molecular complexity index is 891. The van der Waals surface area contributed by atoms with E-state index in [-0.39, 0.29) is 5.69 Å². The van der Waals surface area contributed by atoms with Crippen LogP contribution in [0.15, 0.2) is 35.6 Å². The molecule has 1 atom stereocenters. The lowest BCUT2D eigenvalue weighted by molar-refractivity contribution is 0.102. The Morgan fingerprint density at radius 2 is 2.11 bits per heavy atom. The molecule has 0 saturated heterocycles. The van der Waals surface area contributed by atoms with Gasteiger partial charge in [-0.3, -0.25) is 14.8 Å². The molecule has 1 aliphatic rings. The molecular weight excluding hydrogens is 379 g/mol. The number of halogens is 3. The monoisotopic (exact) mass is 395 g/mol. The zero-order valence-corrected chi connectivity index (χ0v) is 15.1. The molecule has 6 nitrogen and oxygen atoms in total. The lowest BCUT2D eigenvalue weighted by Gasteiger charge is -2.30. The Kier molecular flexibility index (Phi) is 5.36. The standard InChI is InChI=1S/C17H16F3N5OS/c1-17(4-5-27-16(21)25-17)10-6-9(2-3-11(10)18)24-15(26)13-8-22-12(7-23-13)14(19)20/h2-3,6-8,14H,4-5H2,1H3,(H2,21,25)(H,24,26)/t17-/m0/s1. The number of carbonyl (C=O) groups is 1. The summed E-state index contributed by atoms with van der Waals surface area (Å²) < 4.78 is 39.4. The second-order valence-corrected chi connectivity index (χ2v) is 7.21. The van der Waals surface area contributed by atoms with Crippen LogP contribution in [0, 0.1) is 5.82 Å². The quantitative estimate of drug-likeness (QED) is 0.827. The van der Waals surface area contributed by atoms with E-state index in [4.69, 9.17) is 5.73 Å². The Labute approximate surface area is 157 Å². The number of nitrogens with one attached hydrogen (secondary N) is 1. The van der Waals surface area contributed by atoms with E-state index < -0.39 is 29.4 Å². The molecule has 2 aromatic rings. The van der Waals surface area contributed by atoms with Crippen molar-refractivity contribution in [3.63, 3.8) is 0 Å². The van der Waals surface area contributed by atoms with Crippen molar-refractivity contribution in [1.82, 2.24) is 9.97 Å². The van der Waals surface area contributed by atoms with Crippen molar-refractivity contribution in [1.29, 1.82) is 0 Å². The van der Waals surface area contributed by atoms with Crippen molar-refractivity contribution in [2.24, 2.45) is 10.7 Å². The zero-order valence-electron chi connectivity index (χ0n) is 14.2. The highest BCUT2D eigenvalue weighted by molar-refractivity contribution is 8.13. The van der Waals surface area contributed by atoms with Crippen molar-refractivity contribution in [3.05, 3.63) is 53.4 Å². The molecule has 10 heteroatoms. The Balaban J connectivity index is 1.84. The van der Waals surface area contributed by atoms with Gasteiger partial charge in [-0.2, -0.15) is 0 Å². The number of thioether (sulfide) groups is 1. The predicted molar refractivity (Wildman–Crippen MR) is 97.4 cm³/mol. The first-order valence-corrected chi connectivity index (χ1v) is 8.97. The van der Waals surface area contributed by atoms with E-state index in [1.807, 2.05) is 0 Å². The fourth-order valence-electron chi connectivity index (χ4n) is 2.66. The summed E-state index contributed by atoms with van der Waals surface area (Å²) in [6.45, 7) is 1.78. The molecule has 1 aromatic heterocycles. The predicted octanol–water partition coefficient (Wildman–Crippen LogP) is 3.47. The first-order valence-electron chi connectivity index (χ1n) is 7.98. The maximum absolute atomic E-state index is 14.4. The summed E-state index contributed by atoms with van der Waals surface area (Å²) in [6, 6.07) is 4.11. The number of hydrogen-bond donors (Lipinski definition) is 2. The molecule has 1 aliphatic heterocycles. The average Bonchev–Trinajstić information content (AvgIpc) is 2.63. The van der Waals surface area contributed by atoms with Gasteiger partial charge in [0.05, 0.1) is 17.9 Å². The van der Waals surface area contributed by atoms with Crippen LogP contribution >= 0.6 is 11.8 Å². The molecule has 3 rings (SSSR count). The van der Waals surface area contributed by atoms with E-state index in [1.54, 1.807) is 6.92 Å². The third-order valence-corrected chi connectivity index (χ3v) is 4.92. The number of nitrogens with two attached hydrogens (primary N) is 1. The van der Waals surface area contributed by atoms with Crippen LogP contribution in [0.5, 0.6) is 0 Å². The number of amidine groups is 1. The fourth-order valence-corrected chi connectivity index (χ4v) is 3.63. The minimum Gasteiger partial charge on any atom is -0.379 e. The van der Waals surface area contributed by atoms with Gasteiger partial charge in [0.1, 0.15) is 17.2 Å². The highest BCUT2D eigenvalue weighted by atomic mass is 32.2. The van der Waals surface area contributed by atoms with E-state index >= 15 is 0 Å². The summed E-state index contributed by atoms with van der Waals surface area (Å²) in [7, 11) is 0. The van der Waals surface area contributed by atoms with Crippen LogP contribution in [0.4, 0.5) is 18.9 Å². The summed E-state index contributed by atoms with van der Waals surface area (Å²) in [5.74, 6) is -0.401. The van der Waals surface area contributed by atoms with Crippen molar-refractivity contribution in [2.75, 3.05) is 11.1 Å². The molecule has 0 unspecified atom stereocenters. The van der Waals surface area contributed by atoms with Crippen molar-refractivity contribution in [2.45, 2.75) is 25.3 Å². The molecule has 0 fully saturated rings. The van der Waals surface area contributed by atoms with E-state index in [1.165, 1.54) is 30.0 Å². The summed E-state index contributed by atoms with van der Waals surface area (Å²) >= 11 is 1.40. The molecule has 3 N–H and O–H groups in total. The van der Waals surface area contributed by atoms with Crippen LogP contribution in [-0.4, -0.2) is 26.8 Å². The zero-order chi connectivity index (χ0) is 19.6. The molecule has 0 radical (unpaired) electrons. The van der Waals surface area contributed by atoms with Gasteiger partial charge in [-0.05, 0) is 31.5 Å². The normalized spacial score (nSPS) is 19.7. The maximum Gasteiger partial charge on any atom is 0.281 e. The number of amides is 1. The molecular formula is C17H16F3N5OS. The third-order valence-electron chi connectivity index (χ3n) is 4.13. The first-order chi connectivity index (χ1) is 12.8. The molecule has 0 saturated carbocycles. The van der Waals surface area contributed by atoms with E-state index in [2.05, 4.69) is 20.3 Å². The number of carbonyl (C=O) groups excluding carboxylic acids is 1. The molecule has 0 bridgehead atoms. The van der Waals surface area contributed by atoms with Gasteiger partial charge in [0.2, 0.25) is 0 Å². The Morgan fingerprint density at radius 1 is 1.33 bits per heavy atom. The summed E-state index contributed by atoms with van der Waals surface area (Å²) in [5, 5.41) is 2.94. The minimum absolute atomic E-state index is 0.132. The number of benzene rings is 1. The molecule has 142 valence electrons. The van der Waals surface area contributed by atoms with Crippen LogP contribution in [-0.2, 0) is 5.54 Å². The van der Waals surface area contributed by atoms with Crippen LogP contribution < -0.4 is 11.1 Å². The van der Waals surface area contributed by atoms with Gasteiger partial charge >= 0.3 is 0 Å². The number of rotatable bonds is 4. The van der Waals surface area contributed by atoms with Gasteiger partial charge in [-0.25, -0.2) is 18.2 Å². The van der Waals surface area contributed by atoms with Gasteiger partial charge in [0, 0.05) is 17.0 Å². The van der Waals surface area contributed by atoms with Crippen LogP contribution in [0.1, 0.15) is 41.5 Å². The third kappa shape index (κ3) is 4.21. The van der Waals surface area contributed by atoms with Crippen molar-refractivity contribution < 1.29 is 18.0 Å². The van der Waals surface area contributed by atoms with E-state index in [9.17, 15) is 18.0 Å².